The summed E-state index contributed by atoms with van der Waals surface area (Å²) >= 11 is 0. The van der Waals surface area contributed by atoms with Gasteiger partial charge in [-0.25, -0.2) is 0 Å². The van der Waals surface area contributed by atoms with Crippen molar-refractivity contribution < 1.29 is 4.79 Å². The van der Waals surface area contributed by atoms with Crippen LogP contribution in [0.2, 0.25) is 0 Å². The van der Waals surface area contributed by atoms with E-state index in [9.17, 15) is 4.79 Å². The van der Waals surface area contributed by atoms with Gasteiger partial charge in [0.1, 0.15) is 6.07 Å². The molecule has 4 nitrogen and oxygen atoms in total. The topological polar surface area (TPSA) is 56.1 Å². The van der Waals surface area contributed by atoms with Crippen LogP contribution in [0, 0.1) is 17.2 Å². The molecule has 1 amide bonds. The molecule has 112 valence electrons. The van der Waals surface area contributed by atoms with E-state index >= 15 is 0 Å². The Bertz CT molecular complexity index is 535. The number of hydrogen-bond donors (Lipinski definition) is 1. The highest BCUT2D eigenvalue weighted by Crippen LogP contribution is 2.23. The second-order valence-corrected chi connectivity index (χ2v) is 5.76. The van der Waals surface area contributed by atoms with Crippen molar-refractivity contribution in [2.24, 2.45) is 5.92 Å². The molecule has 2 unspecified atom stereocenters. The highest BCUT2D eigenvalue weighted by atomic mass is 16.2. The lowest BCUT2D eigenvalue weighted by Crippen LogP contribution is -2.40. The number of hydrogen-bond acceptors (Lipinski definition) is 3. The summed E-state index contributed by atoms with van der Waals surface area (Å²) < 4.78 is 0. The van der Waals surface area contributed by atoms with E-state index in [0.29, 0.717) is 11.3 Å². The smallest absolute Gasteiger partial charge is 0.241 e. The third-order valence-corrected chi connectivity index (χ3v) is 4.25. The first kappa shape index (κ1) is 15.5. The lowest BCUT2D eigenvalue weighted by molar-refractivity contribution is -0.120. The number of benzene rings is 1. The summed E-state index contributed by atoms with van der Waals surface area (Å²) in [6.07, 6.45) is 3.62. The zero-order chi connectivity index (χ0) is 15.2. The second-order valence-electron chi connectivity index (χ2n) is 5.76. The first-order chi connectivity index (χ1) is 10.2. The molecule has 0 bridgehead atoms. The molecule has 4 heteroatoms. The van der Waals surface area contributed by atoms with Gasteiger partial charge in [0.25, 0.3) is 0 Å². The fourth-order valence-electron chi connectivity index (χ4n) is 2.95. The molecule has 21 heavy (non-hydrogen) atoms. The summed E-state index contributed by atoms with van der Waals surface area (Å²) in [5, 5.41) is 11.9. The molecule has 2 atom stereocenters. The number of carbonyl (C=O) groups excluding carboxylic acids is 1. The van der Waals surface area contributed by atoms with E-state index in [0.717, 1.165) is 19.0 Å². The van der Waals surface area contributed by atoms with Gasteiger partial charge in [0, 0.05) is 6.54 Å². The summed E-state index contributed by atoms with van der Waals surface area (Å²) in [4.78, 5) is 14.6. The van der Waals surface area contributed by atoms with Crippen LogP contribution in [0.15, 0.2) is 24.3 Å². The fraction of sp³-hybridized carbons (Fsp3) is 0.529. The van der Waals surface area contributed by atoms with Crippen molar-refractivity contribution in [2.75, 3.05) is 18.4 Å². The quantitative estimate of drug-likeness (QED) is 0.904. The number of nitrogens with one attached hydrogen (secondary N) is 1. The standard InChI is InChI=1S/C17H23N3O/c1-3-6-14-9-10-20(12-14)13(2)17(21)19-16-8-5-4-7-15(16)11-18/h4-5,7-8,13-14H,3,6,9-10,12H2,1-2H3,(H,19,21). The number of nitrogens with zero attached hydrogens (tertiary/aromatic N) is 2. The number of rotatable bonds is 5. The van der Waals surface area contributed by atoms with Crippen molar-refractivity contribution in [1.82, 2.24) is 4.90 Å². The summed E-state index contributed by atoms with van der Waals surface area (Å²) in [6, 6.07) is 9.06. The van der Waals surface area contributed by atoms with Crippen LogP contribution in [0.4, 0.5) is 5.69 Å². The molecule has 0 radical (unpaired) electrons. The highest BCUT2D eigenvalue weighted by Gasteiger charge is 2.29. The molecule has 1 aliphatic rings. The molecule has 1 fully saturated rings. The van der Waals surface area contributed by atoms with Crippen LogP contribution in [-0.4, -0.2) is 29.9 Å². The second kappa shape index (κ2) is 7.24. The van der Waals surface area contributed by atoms with Crippen LogP contribution in [-0.2, 0) is 4.79 Å². The molecule has 0 spiro atoms. The molecule has 1 aliphatic heterocycles. The van der Waals surface area contributed by atoms with Crippen LogP contribution in [0.1, 0.15) is 38.7 Å². The van der Waals surface area contributed by atoms with Gasteiger partial charge in [0.2, 0.25) is 5.91 Å². The maximum Gasteiger partial charge on any atom is 0.241 e. The summed E-state index contributed by atoms with van der Waals surface area (Å²) in [7, 11) is 0. The maximum atomic E-state index is 12.4. The third kappa shape index (κ3) is 3.83. The summed E-state index contributed by atoms with van der Waals surface area (Å²) in [5.74, 6) is 0.687. The molecular formula is C17H23N3O. The Labute approximate surface area is 126 Å². The van der Waals surface area contributed by atoms with Crippen molar-refractivity contribution in [3.05, 3.63) is 29.8 Å². The Morgan fingerprint density at radius 2 is 2.29 bits per heavy atom. The van der Waals surface area contributed by atoms with Crippen molar-refractivity contribution in [1.29, 1.82) is 5.26 Å². The van der Waals surface area contributed by atoms with Gasteiger partial charge in [-0.3, -0.25) is 9.69 Å². The molecule has 1 saturated heterocycles. The molecule has 1 heterocycles. The molecular weight excluding hydrogens is 262 g/mol. The third-order valence-electron chi connectivity index (χ3n) is 4.25. The van der Waals surface area contributed by atoms with Gasteiger partial charge in [0.15, 0.2) is 0 Å². The average molecular weight is 285 g/mol. The minimum Gasteiger partial charge on any atom is -0.324 e. The lowest BCUT2D eigenvalue weighted by Gasteiger charge is -2.23. The predicted molar refractivity (Wildman–Crippen MR) is 83.8 cm³/mol. The monoisotopic (exact) mass is 285 g/mol. The first-order valence-electron chi connectivity index (χ1n) is 7.69. The first-order valence-corrected chi connectivity index (χ1v) is 7.69. The minimum absolute atomic E-state index is 0.0325. The van der Waals surface area contributed by atoms with E-state index in [1.54, 1.807) is 18.2 Å². The van der Waals surface area contributed by atoms with Crippen LogP contribution in [0.5, 0.6) is 0 Å². The maximum absolute atomic E-state index is 12.4. The fourth-order valence-corrected chi connectivity index (χ4v) is 2.95. The number of carbonyl (C=O) groups is 1. The molecule has 0 aliphatic carbocycles. The van der Waals surface area contributed by atoms with E-state index in [-0.39, 0.29) is 11.9 Å². The number of nitriles is 1. The van der Waals surface area contributed by atoms with Gasteiger partial charge in [0.05, 0.1) is 17.3 Å². The van der Waals surface area contributed by atoms with Gasteiger partial charge in [-0.1, -0.05) is 25.5 Å². The molecule has 1 aromatic rings. The predicted octanol–water partition coefficient (Wildman–Crippen LogP) is 3.01. The molecule has 0 saturated carbocycles. The van der Waals surface area contributed by atoms with E-state index in [1.807, 2.05) is 13.0 Å². The number of anilines is 1. The number of likely N-dealkylation sites (tertiary alicyclic amines) is 1. The zero-order valence-electron chi connectivity index (χ0n) is 12.8. The minimum atomic E-state index is -0.154. The normalized spacial score (nSPS) is 20.0. The Kier molecular flexibility index (Phi) is 5.35. The largest absolute Gasteiger partial charge is 0.324 e. The highest BCUT2D eigenvalue weighted by molar-refractivity contribution is 5.95. The Morgan fingerprint density at radius 1 is 1.52 bits per heavy atom. The molecule has 0 aromatic heterocycles. The number of para-hydroxylation sites is 1. The van der Waals surface area contributed by atoms with E-state index in [1.165, 1.54) is 19.3 Å². The lowest BCUT2D eigenvalue weighted by atomic mass is 10.0. The van der Waals surface area contributed by atoms with Gasteiger partial charge < -0.3 is 5.32 Å². The van der Waals surface area contributed by atoms with Crippen LogP contribution in [0.25, 0.3) is 0 Å². The molecule has 2 rings (SSSR count). The van der Waals surface area contributed by atoms with Crippen LogP contribution >= 0.6 is 0 Å². The van der Waals surface area contributed by atoms with E-state index < -0.39 is 0 Å². The van der Waals surface area contributed by atoms with Crippen molar-refractivity contribution in [2.45, 2.75) is 39.2 Å². The van der Waals surface area contributed by atoms with Crippen LogP contribution < -0.4 is 5.32 Å². The zero-order valence-corrected chi connectivity index (χ0v) is 12.8. The van der Waals surface area contributed by atoms with E-state index in [4.69, 9.17) is 5.26 Å². The van der Waals surface area contributed by atoms with Gasteiger partial charge in [-0.05, 0) is 44.4 Å². The van der Waals surface area contributed by atoms with Gasteiger partial charge in [-0.15, -0.1) is 0 Å². The average Bonchev–Trinajstić information content (AvgIpc) is 2.96. The molecule has 1 N–H and O–H groups in total. The Hall–Kier alpha value is -1.86. The summed E-state index contributed by atoms with van der Waals surface area (Å²) in [6.45, 7) is 6.14. The van der Waals surface area contributed by atoms with Gasteiger partial charge >= 0.3 is 0 Å². The molecule has 1 aromatic carbocycles. The van der Waals surface area contributed by atoms with E-state index in [2.05, 4.69) is 23.2 Å². The number of amides is 1. The Balaban J connectivity index is 1.96. The van der Waals surface area contributed by atoms with Crippen molar-refractivity contribution in [3.63, 3.8) is 0 Å². The van der Waals surface area contributed by atoms with Crippen LogP contribution in [0.3, 0.4) is 0 Å². The summed E-state index contributed by atoms with van der Waals surface area (Å²) in [5.41, 5.74) is 1.10. The SMILES string of the molecule is CCCC1CCN(C(C)C(=O)Nc2ccccc2C#N)C1. The van der Waals surface area contributed by atoms with Gasteiger partial charge in [-0.2, -0.15) is 5.26 Å². The Morgan fingerprint density at radius 3 is 3.00 bits per heavy atom. The van der Waals surface area contributed by atoms with Crippen molar-refractivity contribution >= 4 is 11.6 Å². The van der Waals surface area contributed by atoms with Crippen molar-refractivity contribution in [3.8, 4) is 6.07 Å².